The Morgan fingerprint density at radius 2 is 2.22 bits per heavy atom. The third kappa shape index (κ3) is 4.95. The van der Waals surface area contributed by atoms with E-state index < -0.39 is 10.0 Å². The molecule has 1 atom stereocenters. The minimum atomic E-state index is -3.38. The van der Waals surface area contributed by atoms with E-state index in [0.29, 0.717) is 16.7 Å². The Morgan fingerprint density at radius 1 is 1.50 bits per heavy atom. The molecule has 1 aromatic heterocycles. The normalized spacial score (nSPS) is 13.7. The van der Waals surface area contributed by atoms with Crippen LogP contribution in [-0.4, -0.2) is 25.3 Å². The van der Waals surface area contributed by atoms with Gasteiger partial charge in [-0.15, -0.1) is 11.3 Å². The van der Waals surface area contributed by atoms with Gasteiger partial charge in [0.15, 0.2) is 4.21 Å². The molecule has 0 aromatic carbocycles. The van der Waals surface area contributed by atoms with Gasteiger partial charge in [0.1, 0.15) is 0 Å². The summed E-state index contributed by atoms with van der Waals surface area (Å²) in [5.41, 5.74) is 0. The van der Waals surface area contributed by atoms with Crippen LogP contribution in [0.1, 0.15) is 31.2 Å². The number of hydrogen-bond acceptors (Lipinski definition) is 4. The summed E-state index contributed by atoms with van der Waals surface area (Å²) in [4.78, 5) is 3.97. The molecule has 0 aliphatic carbocycles. The van der Waals surface area contributed by atoms with Crippen LogP contribution in [0.5, 0.6) is 0 Å². The number of alkyl halides is 1. The first-order chi connectivity index (χ1) is 8.49. The van der Waals surface area contributed by atoms with Gasteiger partial charge in [0.25, 0.3) is 10.0 Å². The highest BCUT2D eigenvalue weighted by atomic mass is 79.9. The molecule has 0 radical (unpaired) electrons. The molecule has 0 spiro atoms. The summed E-state index contributed by atoms with van der Waals surface area (Å²) in [6.07, 6.45) is 4.51. The molecule has 0 aliphatic rings. The number of nitrogens with one attached hydrogen (secondary N) is 1. The van der Waals surface area contributed by atoms with E-state index in [0.717, 1.165) is 29.6 Å². The molecule has 0 saturated heterocycles. The van der Waals surface area contributed by atoms with Gasteiger partial charge in [0.05, 0.1) is 11.2 Å². The van der Waals surface area contributed by atoms with E-state index in [1.807, 2.05) is 0 Å². The average Bonchev–Trinajstić information content (AvgIpc) is 2.74. The largest absolute Gasteiger partial charge is 0.251 e. The molecule has 0 fully saturated rings. The van der Waals surface area contributed by atoms with Crippen molar-refractivity contribution >= 4 is 37.3 Å². The summed E-state index contributed by atoms with van der Waals surface area (Å²) < 4.78 is 27.0. The van der Waals surface area contributed by atoms with Crippen LogP contribution < -0.4 is 4.72 Å². The highest BCUT2D eigenvalue weighted by Gasteiger charge is 2.18. The summed E-state index contributed by atoms with van der Waals surface area (Å²) in [5, 5.41) is 1.67. The zero-order valence-electron chi connectivity index (χ0n) is 10.6. The van der Waals surface area contributed by atoms with Gasteiger partial charge >= 0.3 is 0 Å². The fraction of sp³-hybridized carbons (Fsp3) is 0.727. The smallest absolute Gasteiger partial charge is 0.249 e. The molecule has 1 rings (SSSR count). The lowest BCUT2D eigenvalue weighted by Crippen LogP contribution is -2.29. The lowest BCUT2D eigenvalue weighted by Gasteiger charge is -2.15. The molecular weight excluding hydrogens is 336 g/mol. The number of hydrogen-bond donors (Lipinski definition) is 1. The topological polar surface area (TPSA) is 59.1 Å². The van der Waals surface area contributed by atoms with Gasteiger partial charge in [-0.3, -0.25) is 0 Å². The predicted molar refractivity (Wildman–Crippen MR) is 78.8 cm³/mol. The second-order valence-electron chi connectivity index (χ2n) is 4.18. The van der Waals surface area contributed by atoms with Crippen LogP contribution in [0.4, 0.5) is 0 Å². The number of aryl methyl sites for hydroxylation is 1. The zero-order chi connectivity index (χ0) is 13.6. The quantitative estimate of drug-likeness (QED) is 0.730. The fourth-order valence-electron chi connectivity index (χ4n) is 1.68. The number of aromatic nitrogens is 1. The molecule has 7 heteroatoms. The molecule has 0 bridgehead atoms. The molecule has 18 heavy (non-hydrogen) atoms. The van der Waals surface area contributed by atoms with Crippen LogP contribution in [0.2, 0.25) is 0 Å². The van der Waals surface area contributed by atoms with Crippen molar-refractivity contribution in [2.75, 3.05) is 11.9 Å². The third-order valence-corrected chi connectivity index (χ3v) is 5.90. The lowest BCUT2D eigenvalue weighted by molar-refractivity contribution is 0.459. The lowest BCUT2D eigenvalue weighted by atomic mass is 10.0. The Hall–Kier alpha value is 0.0200. The zero-order valence-corrected chi connectivity index (χ0v) is 13.9. The van der Waals surface area contributed by atoms with Gasteiger partial charge in [0.2, 0.25) is 0 Å². The minimum Gasteiger partial charge on any atom is -0.249 e. The van der Waals surface area contributed by atoms with Crippen molar-refractivity contribution in [2.45, 2.75) is 37.3 Å². The van der Waals surface area contributed by atoms with Gasteiger partial charge in [-0.05, 0) is 25.7 Å². The van der Waals surface area contributed by atoms with Crippen LogP contribution in [-0.2, 0) is 10.0 Å². The number of thiazole rings is 1. The van der Waals surface area contributed by atoms with E-state index in [1.54, 1.807) is 6.92 Å². The van der Waals surface area contributed by atoms with Gasteiger partial charge in [-0.1, -0.05) is 29.3 Å². The third-order valence-electron chi connectivity index (χ3n) is 2.64. The first-order valence-electron chi connectivity index (χ1n) is 5.97. The number of sulfonamides is 1. The second kappa shape index (κ2) is 7.57. The average molecular weight is 355 g/mol. The van der Waals surface area contributed by atoms with Crippen molar-refractivity contribution in [1.82, 2.24) is 9.71 Å². The summed E-state index contributed by atoms with van der Waals surface area (Å²) >= 11 is 4.61. The first kappa shape index (κ1) is 16.1. The molecule has 1 heterocycles. The van der Waals surface area contributed by atoms with E-state index in [-0.39, 0.29) is 0 Å². The van der Waals surface area contributed by atoms with Crippen LogP contribution >= 0.6 is 27.3 Å². The van der Waals surface area contributed by atoms with Crippen molar-refractivity contribution in [1.29, 1.82) is 0 Å². The van der Waals surface area contributed by atoms with E-state index >= 15 is 0 Å². The standard InChI is InChI=1S/C11H19BrN2O2S2/c1-3-4-10(5-6-12)7-14-18(15,16)11-8-13-9(2)17-11/h8,10,14H,3-7H2,1-2H3. The summed E-state index contributed by atoms with van der Waals surface area (Å²) in [7, 11) is -3.38. The maximum absolute atomic E-state index is 12.0. The van der Waals surface area contributed by atoms with Crippen molar-refractivity contribution in [3.63, 3.8) is 0 Å². The monoisotopic (exact) mass is 354 g/mol. The Labute approximate surface area is 121 Å². The molecule has 104 valence electrons. The van der Waals surface area contributed by atoms with Crippen molar-refractivity contribution in [3.8, 4) is 0 Å². The van der Waals surface area contributed by atoms with Crippen molar-refractivity contribution in [2.24, 2.45) is 5.92 Å². The van der Waals surface area contributed by atoms with Crippen molar-refractivity contribution in [3.05, 3.63) is 11.2 Å². The maximum atomic E-state index is 12.0. The molecule has 0 saturated carbocycles. The van der Waals surface area contributed by atoms with Crippen molar-refractivity contribution < 1.29 is 8.42 Å². The second-order valence-corrected chi connectivity index (χ2v) is 8.20. The molecular formula is C11H19BrN2O2S2. The fourth-order valence-corrected chi connectivity index (χ4v) is 4.59. The van der Waals surface area contributed by atoms with Gasteiger partial charge in [0, 0.05) is 11.9 Å². The van der Waals surface area contributed by atoms with E-state index in [9.17, 15) is 8.42 Å². The summed E-state index contributed by atoms with van der Waals surface area (Å²) in [5.74, 6) is 0.387. The highest BCUT2D eigenvalue weighted by Crippen LogP contribution is 2.18. The van der Waals surface area contributed by atoms with Crippen LogP contribution in [0.25, 0.3) is 0 Å². The Kier molecular flexibility index (Phi) is 6.76. The van der Waals surface area contributed by atoms with Gasteiger partial charge in [-0.25, -0.2) is 18.1 Å². The Balaban J connectivity index is 2.60. The maximum Gasteiger partial charge on any atom is 0.251 e. The van der Waals surface area contributed by atoms with E-state index in [1.165, 1.54) is 17.5 Å². The molecule has 4 nitrogen and oxygen atoms in total. The van der Waals surface area contributed by atoms with E-state index in [2.05, 4.69) is 32.6 Å². The van der Waals surface area contributed by atoms with Gasteiger partial charge in [-0.2, -0.15) is 0 Å². The summed E-state index contributed by atoms with van der Waals surface area (Å²) in [6, 6.07) is 0. The first-order valence-corrected chi connectivity index (χ1v) is 9.39. The molecule has 1 unspecified atom stereocenters. The molecule has 1 aromatic rings. The van der Waals surface area contributed by atoms with Gasteiger partial charge < -0.3 is 0 Å². The SMILES string of the molecule is CCCC(CCBr)CNS(=O)(=O)c1cnc(C)s1. The van der Waals surface area contributed by atoms with E-state index in [4.69, 9.17) is 0 Å². The molecule has 0 aliphatic heterocycles. The highest BCUT2D eigenvalue weighted by molar-refractivity contribution is 9.09. The van der Waals surface area contributed by atoms with Crippen LogP contribution in [0, 0.1) is 12.8 Å². The predicted octanol–water partition coefficient (Wildman–Crippen LogP) is 2.93. The van der Waals surface area contributed by atoms with Crippen LogP contribution in [0.3, 0.4) is 0 Å². The van der Waals surface area contributed by atoms with Crippen LogP contribution in [0.15, 0.2) is 10.4 Å². The summed E-state index contributed by atoms with van der Waals surface area (Å²) in [6.45, 7) is 4.41. The Morgan fingerprint density at radius 3 is 2.72 bits per heavy atom. The Bertz CT molecular complexity index is 453. The molecule has 0 amide bonds. The number of nitrogens with zero attached hydrogens (tertiary/aromatic N) is 1. The number of rotatable bonds is 8. The molecule has 1 N–H and O–H groups in total. The minimum absolute atomic E-state index is 0.300. The number of halogens is 1.